The van der Waals surface area contributed by atoms with E-state index in [2.05, 4.69) is 73.2 Å². The van der Waals surface area contributed by atoms with E-state index in [4.69, 9.17) is 0 Å². The van der Waals surface area contributed by atoms with Crippen LogP contribution in [-0.2, 0) is 6.42 Å². The molecule has 1 rings (SSSR count). The highest BCUT2D eigenvalue weighted by Gasteiger charge is 2.23. The van der Waals surface area contributed by atoms with Gasteiger partial charge in [0, 0.05) is 10.5 Å². The lowest BCUT2D eigenvalue weighted by molar-refractivity contribution is 0.258. The van der Waals surface area contributed by atoms with Gasteiger partial charge in [-0.1, -0.05) is 61.8 Å². The zero-order valence-corrected chi connectivity index (χ0v) is 13.0. The van der Waals surface area contributed by atoms with Crippen LogP contribution in [0.15, 0.2) is 28.7 Å². The second-order valence-corrected chi connectivity index (χ2v) is 6.46. The van der Waals surface area contributed by atoms with Crippen molar-refractivity contribution in [3.05, 3.63) is 34.3 Å². The summed E-state index contributed by atoms with van der Waals surface area (Å²) >= 11 is 3.62. The summed E-state index contributed by atoms with van der Waals surface area (Å²) in [6.45, 7) is 10.1. The summed E-state index contributed by atoms with van der Waals surface area (Å²) in [5.41, 5.74) is 1.72. The van der Waals surface area contributed by atoms with Crippen molar-refractivity contribution in [2.75, 3.05) is 6.54 Å². The van der Waals surface area contributed by atoms with Crippen molar-refractivity contribution in [3.63, 3.8) is 0 Å². The van der Waals surface area contributed by atoms with Crippen LogP contribution in [0.4, 0.5) is 0 Å². The van der Waals surface area contributed by atoms with Crippen LogP contribution in [0.3, 0.4) is 0 Å². The Bertz CT molecular complexity index is 341. The normalized spacial score (nSPS) is 13.7. The maximum Gasteiger partial charge on any atom is 0.0207 e. The van der Waals surface area contributed by atoms with Gasteiger partial charge in [0.25, 0.3) is 0 Å². The molecular formula is C15H24BrN. The molecule has 17 heavy (non-hydrogen) atoms. The van der Waals surface area contributed by atoms with E-state index in [0.717, 1.165) is 13.0 Å². The highest BCUT2D eigenvalue weighted by Crippen LogP contribution is 2.25. The Morgan fingerprint density at radius 1 is 1.24 bits per heavy atom. The zero-order chi connectivity index (χ0) is 12.9. The first-order valence-corrected chi connectivity index (χ1v) is 7.21. The molecule has 1 nitrogen and oxygen atoms in total. The average Bonchev–Trinajstić information content (AvgIpc) is 2.24. The molecule has 0 saturated heterocycles. The number of hydrogen-bond donors (Lipinski definition) is 1. The lowest BCUT2D eigenvalue weighted by Crippen LogP contribution is -2.40. The Labute approximate surface area is 114 Å². The van der Waals surface area contributed by atoms with E-state index in [1.165, 1.54) is 16.5 Å². The van der Waals surface area contributed by atoms with Gasteiger partial charge in [-0.3, -0.25) is 0 Å². The number of nitrogens with one attached hydrogen (secondary N) is 1. The first-order chi connectivity index (χ1) is 7.95. The molecule has 1 aromatic carbocycles. The van der Waals surface area contributed by atoms with Crippen molar-refractivity contribution in [2.24, 2.45) is 5.41 Å². The van der Waals surface area contributed by atoms with Crippen molar-refractivity contribution in [1.29, 1.82) is 0 Å². The van der Waals surface area contributed by atoms with Gasteiger partial charge in [0.05, 0.1) is 0 Å². The van der Waals surface area contributed by atoms with Crippen molar-refractivity contribution >= 4 is 15.9 Å². The van der Waals surface area contributed by atoms with Crippen LogP contribution in [0.2, 0.25) is 0 Å². The Kier molecular flexibility index (Phi) is 5.68. The molecule has 1 aromatic rings. The maximum absolute atomic E-state index is 3.62. The molecule has 0 amide bonds. The van der Waals surface area contributed by atoms with Crippen molar-refractivity contribution < 1.29 is 0 Å². The minimum Gasteiger partial charge on any atom is -0.314 e. The number of aryl methyl sites for hydroxylation is 1. The molecule has 0 radical (unpaired) electrons. The summed E-state index contributed by atoms with van der Waals surface area (Å²) in [6.07, 6.45) is 2.30. The Balaban J connectivity index is 2.61. The van der Waals surface area contributed by atoms with E-state index in [1.54, 1.807) is 0 Å². The fraction of sp³-hybridized carbons (Fsp3) is 0.600. The number of rotatable bonds is 5. The largest absolute Gasteiger partial charge is 0.314 e. The van der Waals surface area contributed by atoms with Gasteiger partial charge in [0.2, 0.25) is 0 Å². The van der Waals surface area contributed by atoms with E-state index < -0.39 is 0 Å². The SMILES string of the molecule is CCNC(CCc1ccccc1Br)C(C)(C)C. The molecule has 96 valence electrons. The molecule has 2 heteroatoms. The van der Waals surface area contributed by atoms with Crippen LogP contribution in [0, 0.1) is 5.41 Å². The van der Waals surface area contributed by atoms with Crippen LogP contribution in [-0.4, -0.2) is 12.6 Å². The monoisotopic (exact) mass is 297 g/mol. The molecule has 0 aromatic heterocycles. The quantitative estimate of drug-likeness (QED) is 0.849. The fourth-order valence-corrected chi connectivity index (χ4v) is 2.57. The minimum atomic E-state index is 0.317. The standard InChI is InChI=1S/C15H24BrN/c1-5-17-14(15(2,3)4)11-10-12-8-6-7-9-13(12)16/h6-9,14,17H,5,10-11H2,1-4H3. The highest BCUT2D eigenvalue weighted by molar-refractivity contribution is 9.10. The van der Waals surface area contributed by atoms with Gasteiger partial charge in [-0.05, 0) is 36.4 Å². The topological polar surface area (TPSA) is 12.0 Å². The Morgan fingerprint density at radius 2 is 1.88 bits per heavy atom. The average molecular weight is 298 g/mol. The molecule has 0 fully saturated rings. The Hall–Kier alpha value is -0.340. The van der Waals surface area contributed by atoms with Crippen molar-refractivity contribution in [3.8, 4) is 0 Å². The summed E-state index contributed by atoms with van der Waals surface area (Å²) in [7, 11) is 0. The van der Waals surface area contributed by atoms with Crippen molar-refractivity contribution in [1.82, 2.24) is 5.32 Å². The van der Waals surface area contributed by atoms with E-state index in [-0.39, 0.29) is 0 Å². The lowest BCUT2D eigenvalue weighted by Gasteiger charge is -2.31. The maximum atomic E-state index is 3.62. The fourth-order valence-electron chi connectivity index (χ4n) is 2.09. The Morgan fingerprint density at radius 3 is 2.41 bits per heavy atom. The first-order valence-electron chi connectivity index (χ1n) is 6.42. The van der Waals surface area contributed by atoms with Crippen LogP contribution in [0.1, 0.15) is 39.7 Å². The van der Waals surface area contributed by atoms with E-state index in [1.807, 2.05) is 0 Å². The molecule has 0 heterocycles. The zero-order valence-electron chi connectivity index (χ0n) is 11.4. The molecule has 1 unspecified atom stereocenters. The second kappa shape index (κ2) is 6.55. The predicted molar refractivity (Wildman–Crippen MR) is 79.4 cm³/mol. The molecule has 0 saturated carbocycles. The summed E-state index contributed by atoms with van der Waals surface area (Å²) in [4.78, 5) is 0. The first kappa shape index (κ1) is 14.7. The summed E-state index contributed by atoms with van der Waals surface area (Å²) in [6, 6.07) is 9.07. The molecule has 0 aliphatic rings. The second-order valence-electron chi connectivity index (χ2n) is 5.61. The third-order valence-electron chi connectivity index (χ3n) is 3.16. The van der Waals surface area contributed by atoms with Gasteiger partial charge >= 0.3 is 0 Å². The third kappa shape index (κ3) is 4.81. The number of benzene rings is 1. The molecule has 0 aliphatic heterocycles. The number of halogens is 1. The van der Waals surface area contributed by atoms with Gasteiger partial charge in [0.15, 0.2) is 0 Å². The van der Waals surface area contributed by atoms with Gasteiger partial charge in [-0.25, -0.2) is 0 Å². The smallest absolute Gasteiger partial charge is 0.0207 e. The van der Waals surface area contributed by atoms with E-state index in [0.29, 0.717) is 11.5 Å². The van der Waals surface area contributed by atoms with E-state index in [9.17, 15) is 0 Å². The number of hydrogen-bond acceptors (Lipinski definition) is 1. The van der Waals surface area contributed by atoms with Gasteiger partial charge < -0.3 is 5.32 Å². The van der Waals surface area contributed by atoms with Crippen LogP contribution < -0.4 is 5.32 Å². The molecule has 0 bridgehead atoms. The molecule has 1 N–H and O–H groups in total. The molecule has 0 spiro atoms. The third-order valence-corrected chi connectivity index (χ3v) is 3.93. The molecule has 0 aliphatic carbocycles. The minimum absolute atomic E-state index is 0.317. The van der Waals surface area contributed by atoms with Gasteiger partial charge in [0.1, 0.15) is 0 Å². The van der Waals surface area contributed by atoms with Crippen LogP contribution >= 0.6 is 15.9 Å². The molecule has 1 atom stereocenters. The summed E-state index contributed by atoms with van der Waals surface area (Å²) in [5.74, 6) is 0. The van der Waals surface area contributed by atoms with Gasteiger partial charge in [-0.2, -0.15) is 0 Å². The van der Waals surface area contributed by atoms with Crippen LogP contribution in [0.5, 0.6) is 0 Å². The summed E-state index contributed by atoms with van der Waals surface area (Å²) in [5, 5.41) is 3.60. The highest BCUT2D eigenvalue weighted by atomic mass is 79.9. The predicted octanol–water partition coefficient (Wildman–Crippen LogP) is 4.41. The van der Waals surface area contributed by atoms with E-state index >= 15 is 0 Å². The van der Waals surface area contributed by atoms with Gasteiger partial charge in [-0.15, -0.1) is 0 Å². The van der Waals surface area contributed by atoms with Crippen molar-refractivity contribution in [2.45, 2.75) is 46.6 Å². The lowest BCUT2D eigenvalue weighted by atomic mass is 9.83. The van der Waals surface area contributed by atoms with Crippen LogP contribution in [0.25, 0.3) is 0 Å². The summed E-state index contributed by atoms with van der Waals surface area (Å²) < 4.78 is 1.23. The molecular weight excluding hydrogens is 274 g/mol.